The van der Waals surface area contributed by atoms with E-state index >= 15 is 0 Å². The summed E-state index contributed by atoms with van der Waals surface area (Å²) in [6.45, 7) is 0. The van der Waals surface area contributed by atoms with Gasteiger partial charge in [-0.3, -0.25) is 0 Å². The first-order chi connectivity index (χ1) is 8.65. The molecule has 1 aliphatic rings. The smallest absolute Gasteiger partial charge is 0.0426 e. The average molecular weight is 278 g/mol. The summed E-state index contributed by atoms with van der Waals surface area (Å²) in [6, 6.07) is 12.1. The molecule has 0 saturated carbocycles. The molecule has 3 rings (SSSR count). The fraction of sp³-hybridized carbons (Fsp3) is 0.200. The molecule has 0 bridgehead atoms. The van der Waals surface area contributed by atoms with Crippen LogP contribution in [0.1, 0.15) is 23.6 Å². The summed E-state index contributed by atoms with van der Waals surface area (Å²) >= 11 is 12.1. The van der Waals surface area contributed by atoms with E-state index in [0.717, 1.165) is 18.4 Å². The number of halogens is 2. The van der Waals surface area contributed by atoms with Gasteiger partial charge < -0.3 is 5.73 Å². The predicted octanol–water partition coefficient (Wildman–Crippen LogP) is 4.61. The molecule has 2 N–H and O–H groups in total. The number of rotatable bonds is 1. The van der Waals surface area contributed by atoms with Gasteiger partial charge in [-0.2, -0.15) is 0 Å². The SMILES string of the molecule is NC1CCc2c(-c3cc(Cl)cc(Cl)c3)cccc21. The predicted molar refractivity (Wildman–Crippen MR) is 77.1 cm³/mol. The van der Waals surface area contributed by atoms with Gasteiger partial charge in [0.25, 0.3) is 0 Å². The Kier molecular flexibility index (Phi) is 3.06. The highest BCUT2D eigenvalue weighted by Gasteiger charge is 2.21. The molecule has 0 aromatic heterocycles. The van der Waals surface area contributed by atoms with Gasteiger partial charge >= 0.3 is 0 Å². The summed E-state index contributed by atoms with van der Waals surface area (Å²) in [5.41, 5.74) is 11.0. The summed E-state index contributed by atoms with van der Waals surface area (Å²) in [6.07, 6.45) is 2.04. The average Bonchev–Trinajstić information content (AvgIpc) is 2.70. The minimum atomic E-state index is 0.162. The van der Waals surface area contributed by atoms with Crippen LogP contribution < -0.4 is 5.73 Å². The van der Waals surface area contributed by atoms with Crippen molar-refractivity contribution in [2.75, 3.05) is 0 Å². The van der Waals surface area contributed by atoms with E-state index in [9.17, 15) is 0 Å². The Labute approximate surface area is 117 Å². The van der Waals surface area contributed by atoms with Crippen molar-refractivity contribution in [3.05, 3.63) is 57.6 Å². The molecule has 0 amide bonds. The topological polar surface area (TPSA) is 26.0 Å². The highest BCUT2D eigenvalue weighted by atomic mass is 35.5. The molecule has 0 spiro atoms. The Bertz CT molecular complexity index is 587. The van der Waals surface area contributed by atoms with Gasteiger partial charge in [0.2, 0.25) is 0 Å². The maximum atomic E-state index is 6.10. The van der Waals surface area contributed by atoms with Crippen LogP contribution in [0.15, 0.2) is 36.4 Å². The summed E-state index contributed by atoms with van der Waals surface area (Å²) in [5.74, 6) is 0. The van der Waals surface area contributed by atoms with Gasteiger partial charge in [0, 0.05) is 16.1 Å². The standard InChI is InChI=1S/C15H13Cl2N/c16-10-6-9(7-11(17)8-10)12-2-1-3-14-13(12)4-5-15(14)18/h1-3,6-8,15H,4-5,18H2. The van der Waals surface area contributed by atoms with Gasteiger partial charge in [-0.1, -0.05) is 41.4 Å². The fourth-order valence-electron chi connectivity index (χ4n) is 2.67. The van der Waals surface area contributed by atoms with Crippen molar-refractivity contribution < 1.29 is 0 Å². The highest BCUT2D eigenvalue weighted by Crippen LogP contribution is 2.37. The van der Waals surface area contributed by atoms with Gasteiger partial charge in [0.05, 0.1) is 0 Å². The van der Waals surface area contributed by atoms with Crippen LogP contribution in [0.25, 0.3) is 11.1 Å². The van der Waals surface area contributed by atoms with E-state index in [1.807, 2.05) is 18.2 Å². The van der Waals surface area contributed by atoms with Crippen molar-refractivity contribution in [1.29, 1.82) is 0 Å². The quantitative estimate of drug-likeness (QED) is 0.810. The number of nitrogens with two attached hydrogens (primary N) is 1. The van der Waals surface area contributed by atoms with E-state index in [2.05, 4.69) is 12.1 Å². The van der Waals surface area contributed by atoms with E-state index in [4.69, 9.17) is 28.9 Å². The minimum absolute atomic E-state index is 0.162. The van der Waals surface area contributed by atoms with E-state index in [-0.39, 0.29) is 6.04 Å². The first-order valence-corrected chi connectivity index (χ1v) is 6.74. The molecule has 3 heteroatoms. The Hall–Kier alpha value is -1.02. The zero-order chi connectivity index (χ0) is 12.7. The molecule has 0 aliphatic heterocycles. The second kappa shape index (κ2) is 4.58. The maximum Gasteiger partial charge on any atom is 0.0426 e. The van der Waals surface area contributed by atoms with Crippen LogP contribution in [0.2, 0.25) is 10.0 Å². The van der Waals surface area contributed by atoms with Crippen LogP contribution in [0.4, 0.5) is 0 Å². The van der Waals surface area contributed by atoms with Crippen LogP contribution in [0.5, 0.6) is 0 Å². The molecule has 2 aromatic rings. The summed E-state index contributed by atoms with van der Waals surface area (Å²) in [4.78, 5) is 0. The van der Waals surface area contributed by atoms with Crippen LogP contribution in [-0.2, 0) is 6.42 Å². The zero-order valence-electron chi connectivity index (χ0n) is 9.79. The molecule has 1 atom stereocenters. The zero-order valence-corrected chi connectivity index (χ0v) is 11.3. The Morgan fingerprint density at radius 3 is 2.50 bits per heavy atom. The van der Waals surface area contributed by atoms with Crippen molar-refractivity contribution >= 4 is 23.2 Å². The van der Waals surface area contributed by atoms with Crippen LogP contribution in [-0.4, -0.2) is 0 Å². The molecule has 1 aliphatic carbocycles. The van der Waals surface area contributed by atoms with E-state index < -0.39 is 0 Å². The number of benzene rings is 2. The number of hydrogen-bond acceptors (Lipinski definition) is 1. The van der Waals surface area contributed by atoms with Crippen molar-refractivity contribution in [1.82, 2.24) is 0 Å². The van der Waals surface area contributed by atoms with Gasteiger partial charge in [-0.15, -0.1) is 0 Å². The molecule has 92 valence electrons. The van der Waals surface area contributed by atoms with Crippen molar-refractivity contribution in [2.24, 2.45) is 5.73 Å². The lowest BCUT2D eigenvalue weighted by Crippen LogP contribution is -2.04. The van der Waals surface area contributed by atoms with Gasteiger partial charge in [-0.25, -0.2) is 0 Å². The highest BCUT2D eigenvalue weighted by molar-refractivity contribution is 6.35. The molecule has 1 nitrogen and oxygen atoms in total. The van der Waals surface area contributed by atoms with E-state index in [1.165, 1.54) is 16.7 Å². The minimum Gasteiger partial charge on any atom is -0.324 e. The van der Waals surface area contributed by atoms with Crippen molar-refractivity contribution in [3.8, 4) is 11.1 Å². The second-order valence-electron chi connectivity index (χ2n) is 4.68. The summed E-state index contributed by atoms with van der Waals surface area (Å²) in [7, 11) is 0. The third-order valence-corrected chi connectivity index (χ3v) is 3.93. The first-order valence-electron chi connectivity index (χ1n) is 5.99. The Balaban J connectivity index is 2.18. The van der Waals surface area contributed by atoms with Crippen LogP contribution in [0, 0.1) is 0 Å². The fourth-order valence-corrected chi connectivity index (χ4v) is 3.19. The van der Waals surface area contributed by atoms with Crippen LogP contribution in [0.3, 0.4) is 0 Å². The largest absolute Gasteiger partial charge is 0.324 e. The number of fused-ring (bicyclic) bond motifs is 1. The van der Waals surface area contributed by atoms with Crippen molar-refractivity contribution in [3.63, 3.8) is 0 Å². The maximum absolute atomic E-state index is 6.10. The number of hydrogen-bond donors (Lipinski definition) is 1. The van der Waals surface area contributed by atoms with Crippen LogP contribution >= 0.6 is 23.2 Å². The van der Waals surface area contributed by atoms with E-state index in [1.54, 1.807) is 6.07 Å². The van der Waals surface area contributed by atoms with Gasteiger partial charge in [0.15, 0.2) is 0 Å². The molecule has 2 aromatic carbocycles. The molecular weight excluding hydrogens is 265 g/mol. The van der Waals surface area contributed by atoms with Crippen molar-refractivity contribution in [2.45, 2.75) is 18.9 Å². The first kappa shape index (κ1) is 12.0. The lowest BCUT2D eigenvalue weighted by Gasteiger charge is -2.10. The molecule has 0 heterocycles. The Morgan fingerprint density at radius 1 is 1.06 bits per heavy atom. The molecule has 0 fully saturated rings. The lowest BCUT2D eigenvalue weighted by molar-refractivity contribution is 0.713. The molecule has 0 radical (unpaired) electrons. The lowest BCUT2D eigenvalue weighted by atomic mass is 9.96. The molecule has 18 heavy (non-hydrogen) atoms. The van der Waals surface area contributed by atoms with Gasteiger partial charge in [-0.05, 0) is 53.3 Å². The third-order valence-electron chi connectivity index (χ3n) is 3.49. The monoisotopic (exact) mass is 277 g/mol. The summed E-state index contributed by atoms with van der Waals surface area (Å²) in [5, 5.41) is 1.33. The molecule has 0 saturated heterocycles. The second-order valence-corrected chi connectivity index (χ2v) is 5.55. The Morgan fingerprint density at radius 2 is 1.78 bits per heavy atom. The van der Waals surface area contributed by atoms with Gasteiger partial charge in [0.1, 0.15) is 0 Å². The summed E-state index contributed by atoms with van der Waals surface area (Å²) < 4.78 is 0. The van der Waals surface area contributed by atoms with E-state index in [0.29, 0.717) is 10.0 Å². The normalized spacial score (nSPS) is 17.8. The third kappa shape index (κ3) is 2.03. The molecule has 1 unspecified atom stereocenters. The molecular formula is C15H13Cl2N.